The molecule has 0 bridgehead atoms. The zero-order chi connectivity index (χ0) is 16.9. The Morgan fingerprint density at radius 3 is 2.88 bits per heavy atom. The van der Waals surface area contributed by atoms with E-state index < -0.39 is 0 Å². The van der Waals surface area contributed by atoms with E-state index in [0.717, 1.165) is 16.5 Å². The van der Waals surface area contributed by atoms with Gasteiger partial charge in [0.15, 0.2) is 0 Å². The molecule has 0 aliphatic carbocycles. The summed E-state index contributed by atoms with van der Waals surface area (Å²) in [6, 6.07) is 13.8. The molecule has 1 saturated heterocycles. The SMILES string of the molecule is COC1CC(=O)NC(SCC(=O)Nc2ccc3ccccc3c2)N1. The Hall–Kier alpha value is -2.09. The van der Waals surface area contributed by atoms with Crippen molar-refractivity contribution in [1.29, 1.82) is 0 Å². The predicted octanol–water partition coefficient (Wildman–Crippen LogP) is 1.88. The van der Waals surface area contributed by atoms with Gasteiger partial charge in [0.25, 0.3) is 0 Å². The fourth-order valence-electron chi connectivity index (χ4n) is 2.51. The lowest BCUT2D eigenvalue weighted by Gasteiger charge is -2.29. The number of ether oxygens (including phenoxy) is 1. The summed E-state index contributed by atoms with van der Waals surface area (Å²) in [6.07, 6.45) is -0.0450. The van der Waals surface area contributed by atoms with Crippen LogP contribution in [-0.4, -0.2) is 36.4 Å². The van der Waals surface area contributed by atoms with Crippen LogP contribution in [0.5, 0.6) is 0 Å². The molecular weight excluding hydrogens is 326 g/mol. The van der Waals surface area contributed by atoms with Gasteiger partial charge >= 0.3 is 0 Å². The van der Waals surface area contributed by atoms with E-state index in [1.807, 2.05) is 42.5 Å². The smallest absolute Gasteiger partial charge is 0.234 e. The third-order valence-corrected chi connectivity index (χ3v) is 4.72. The van der Waals surface area contributed by atoms with E-state index in [9.17, 15) is 9.59 Å². The maximum atomic E-state index is 12.1. The average molecular weight is 345 g/mol. The van der Waals surface area contributed by atoms with E-state index in [1.54, 1.807) is 7.11 Å². The third kappa shape index (κ3) is 4.25. The van der Waals surface area contributed by atoms with E-state index in [0.29, 0.717) is 0 Å². The zero-order valence-corrected chi connectivity index (χ0v) is 14.1. The highest BCUT2D eigenvalue weighted by Crippen LogP contribution is 2.19. The van der Waals surface area contributed by atoms with Gasteiger partial charge in [-0.2, -0.15) is 0 Å². The minimum Gasteiger partial charge on any atom is -0.366 e. The fraction of sp³-hybridized carbons (Fsp3) is 0.294. The van der Waals surface area contributed by atoms with E-state index in [2.05, 4.69) is 16.0 Å². The molecule has 0 aromatic heterocycles. The van der Waals surface area contributed by atoms with Crippen LogP contribution in [0.2, 0.25) is 0 Å². The minimum atomic E-state index is -0.335. The van der Waals surface area contributed by atoms with Crippen molar-refractivity contribution in [2.75, 3.05) is 18.2 Å². The van der Waals surface area contributed by atoms with Gasteiger partial charge in [0.05, 0.1) is 12.2 Å². The van der Waals surface area contributed by atoms with Crippen LogP contribution >= 0.6 is 11.8 Å². The Morgan fingerprint density at radius 2 is 2.08 bits per heavy atom. The number of nitrogens with one attached hydrogen (secondary N) is 3. The molecule has 24 heavy (non-hydrogen) atoms. The quantitative estimate of drug-likeness (QED) is 0.771. The van der Waals surface area contributed by atoms with Crippen molar-refractivity contribution in [2.24, 2.45) is 0 Å². The molecule has 2 amide bonds. The summed E-state index contributed by atoms with van der Waals surface area (Å²) in [6.45, 7) is 0. The van der Waals surface area contributed by atoms with Gasteiger partial charge in [-0.25, -0.2) is 0 Å². The lowest BCUT2D eigenvalue weighted by molar-refractivity contribution is -0.127. The van der Waals surface area contributed by atoms with Gasteiger partial charge in [-0.05, 0) is 22.9 Å². The van der Waals surface area contributed by atoms with Crippen molar-refractivity contribution >= 4 is 40.0 Å². The second-order valence-corrected chi connectivity index (χ2v) is 6.56. The first kappa shape index (κ1) is 16.8. The molecular formula is C17H19N3O3S. The largest absolute Gasteiger partial charge is 0.366 e. The summed E-state index contributed by atoms with van der Waals surface area (Å²) >= 11 is 1.32. The third-order valence-electron chi connectivity index (χ3n) is 3.70. The standard InChI is InChI=1S/C17H19N3O3S/c1-23-16-9-14(21)19-17(20-16)24-10-15(22)18-13-7-6-11-4-2-3-5-12(11)8-13/h2-8,16-17,20H,9-10H2,1H3,(H,18,22)(H,19,21). The van der Waals surface area contributed by atoms with Crippen molar-refractivity contribution in [1.82, 2.24) is 10.6 Å². The predicted molar refractivity (Wildman–Crippen MR) is 95.5 cm³/mol. The Morgan fingerprint density at radius 1 is 1.29 bits per heavy atom. The number of fused-ring (bicyclic) bond motifs is 1. The summed E-state index contributed by atoms with van der Waals surface area (Å²) in [5.74, 6) is 0.0141. The maximum absolute atomic E-state index is 12.1. The molecule has 1 aliphatic rings. The topological polar surface area (TPSA) is 79.5 Å². The summed E-state index contributed by atoms with van der Waals surface area (Å²) in [5, 5.41) is 11.0. The molecule has 126 valence electrons. The Kier molecular flexibility index (Phi) is 5.34. The van der Waals surface area contributed by atoms with Crippen molar-refractivity contribution in [3.63, 3.8) is 0 Å². The Labute approximate surface area is 144 Å². The van der Waals surface area contributed by atoms with Gasteiger partial charge in [-0.1, -0.05) is 30.3 Å². The molecule has 2 atom stereocenters. The van der Waals surface area contributed by atoms with Crippen molar-refractivity contribution in [3.05, 3.63) is 42.5 Å². The molecule has 0 spiro atoms. The molecule has 2 aromatic rings. The average Bonchev–Trinajstić information content (AvgIpc) is 2.59. The lowest BCUT2D eigenvalue weighted by atomic mass is 10.1. The van der Waals surface area contributed by atoms with Gasteiger partial charge in [0.2, 0.25) is 11.8 Å². The Bertz CT molecular complexity index is 753. The van der Waals surface area contributed by atoms with E-state index in [1.165, 1.54) is 11.8 Å². The highest BCUT2D eigenvalue weighted by molar-refractivity contribution is 8.00. The summed E-state index contributed by atoms with van der Waals surface area (Å²) in [5.41, 5.74) is 0.424. The van der Waals surface area contributed by atoms with Gasteiger partial charge in [-0.3, -0.25) is 14.9 Å². The number of benzene rings is 2. The molecule has 7 heteroatoms. The number of thioether (sulfide) groups is 1. The molecule has 3 rings (SSSR count). The highest BCUT2D eigenvalue weighted by Gasteiger charge is 2.26. The van der Waals surface area contributed by atoms with Gasteiger partial charge in [0, 0.05) is 12.8 Å². The lowest BCUT2D eigenvalue weighted by Crippen LogP contribution is -2.55. The first-order valence-electron chi connectivity index (χ1n) is 7.62. The van der Waals surface area contributed by atoms with Crippen LogP contribution < -0.4 is 16.0 Å². The number of amides is 2. The second-order valence-electron chi connectivity index (χ2n) is 5.46. The summed E-state index contributed by atoms with van der Waals surface area (Å²) in [7, 11) is 1.55. The number of carbonyl (C=O) groups excluding carboxylic acids is 2. The zero-order valence-electron chi connectivity index (χ0n) is 13.2. The van der Waals surface area contributed by atoms with E-state index >= 15 is 0 Å². The molecule has 1 fully saturated rings. The normalized spacial score (nSPS) is 20.6. The van der Waals surface area contributed by atoms with E-state index in [-0.39, 0.29) is 35.7 Å². The van der Waals surface area contributed by atoms with Crippen molar-refractivity contribution in [3.8, 4) is 0 Å². The number of methoxy groups -OCH3 is 1. The molecule has 1 heterocycles. The Balaban J connectivity index is 1.54. The number of rotatable bonds is 5. The van der Waals surface area contributed by atoms with Crippen LogP contribution in [-0.2, 0) is 14.3 Å². The van der Waals surface area contributed by atoms with Crippen LogP contribution in [0.15, 0.2) is 42.5 Å². The van der Waals surface area contributed by atoms with Crippen LogP contribution in [0.4, 0.5) is 5.69 Å². The number of hydrogen-bond acceptors (Lipinski definition) is 5. The van der Waals surface area contributed by atoms with Crippen LogP contribution in [0.25, 0.3) is 10.8 Å². The molecule has 0 saturated carbocycles. The first-order valence-corrected chi connectivity index (χ1v) is 8.67. The maximum Gasteiger partial charge on any atom is 0.234 e. The highest BCUT2D eigenvalue weighted by atomic mass is 32.2. The second kappa shape index (κ2) is 7.65. The monoisotopic (exact) mass is 345 g/mol. The first-order chi connectivity index (χ1) is 11.6. The molecule has 2 unspecified atom stereocenters. The fourth-order valence-corrected chi connectivity index (χ4v) is 3.36. The van der Waals surface area contributed by atoms with Crippen molar-refractivity contribution in [2.45, 2.75) is 18.1 Å². The van der Waals surface area contributed by atoms with Crippen LogP contribution in [0.1, 0.15) is 6.42 Å². The molecule has 3 N–H and O–H groups in total. The van der Waals surface area contributed by atoms with Gasteiger partial charge < -0.3 is 15.4 Å². The van der Waals surface area contributed by atoms with Crippen LogP contribution in [0, 0.1) is 0 Å². The molecule has 1 aliphatic heterocycles. The number of carbonyl (C=O) groups is 2. The van der Waals surface area contributed by atoms with E-state index in [4.69, 9.17) is 4.74 Å². The molecule has 0 radical (unpaired) electrons. The minimum absolute atomic E-state index is 0.0898. The van der Waals surface area contributed by atoms with Gasteiger partial charge in [0.1, 0.15) is 11.7 Å². The summed E-state index contributed by atoms with van der Waals surface area (Å²) in [4.78, 5) is 23.7. The van der Waals surface area contributed by atoms with Crippen molar-refractivity contribution < 1.29 is 14.3 Å². The molecule has 2 aromatic carbocycles. The van der Waals surface area contributed by atoms with Crippen LogP contribution in [0.3, 0.4) is 0 Å². The number of hydrogen-bond donors (Lipinski definition) is 3. The van der Waals surface area contributed by atoms with Gasteiger partial charge in [-0.15, -0.1) is 11.8 Å². The number of anilines is 1. The molecule has 6 nitrogen and oxygen atoms in total. The summed E-state index contributed by atoms with van der Waals surface area (Å²) < 4.78 is 5.15.